The summed E-state index contributed by atoms with van der Waals surface area (Å²) in [6.07, 6.45) is 0. The number of amides is 1. The van der Waals surface area contributed by atoms with Crippen molar-refractivity contribution in [2.75, 3.05) is 0 Å². The Bertz CT molecular complexity index is 889. The molecule has 0 aliphatic rings. The van der Waals surface area contributed by atoms with Gasteiger partial charge in [0, 0.05) is 5.56 Å². The molecule has 1 N–H and O–H groups in total. The van der Waals surface area contributed by atoms with E-state index >= 15 is 0 Å². The molecule has 0 unspecified atom stereocenters. The van der Waals surface area contributed by atoms with E-state index in [9.17, 15) is 9.18 Å². The van der Waals surface area contributed by atoms with E-state index in [0.29, 0.717) is 17.1 Å². The fourth-order valence-electron chi connectivity index (χ4n) is 2.08. The van der Waals surface area contributed by atoms with Crippen LogP contribution in [0.1, 0.15) is 12.5 Å². The van der Waals surface area contributed by atoms with Crippen LogP contribution in [0, 0.1) is 5.82 Å². The van der Waals surface area contributed by atoms with E-state index in [0.717, 1.165) is 5.56 Å². The molecule has 0 saturated carbocycles. The zero-order valence-corrected chi connectivity index (χ0v) is 13.4. The van der Waals surface area contributed by atoms with Crippen molar-refractivity contribution < 1.29 is 9.18 Å². The third kappa shape index (κ3) is 4.31. The van der Waals surface area contributed by atoms with Crippen LogP contribution in [-0.4, -0.2) is 31.8 Å². The monoisotopic (exact) mass is 338 g/mol. The first-order valence-electron chi connectivity index (χ1n) is 7.54. The second-order valence-corrected chi connectivity index (χ2v) is 5.25. The summed E-state index contributed by atoms with van der Waals surface area (Å²) in [4.78, 5) is 13.1. The van der Waals surface area contributed by atoms with Crippen LogP contribution in [0.3, 0.4) is 0 Å². The standard InChI is InChI=1S/C17H15FN6O/c1-12(13-7-9-15(18)10-8-13)19-20-16(25)11-24-22-17(21-23-24)14-5-3-2-4-6-14/h2-10H,11H2,1H3,(H,20,25)/b19-12+. The van der Waals surface area contributed by atoms with Crippen LogP contribution in [0.4, 0.5) is 4.39 Å². The van der Waals surface area contributed by atoms with Gasteiger partial charge in [-0.15, -0.1) is 10.2 Å². The molecule has 1 heterocycles. The molecule has 8 heteroatoms. The van der Waals surface area contributed by atoms with Gasteiger partial charge in [0.15, 0.2) is 0 Å². The fraction of sp³-hybridized carbons (Fsp3) is 0.118. The summed E-state index contributed by atoms with van der Waals surface area (Å²) in [5.41, 5.74) is 4.51. The van der Waals surface area contributed by atoms with Crippen LogP contribution < -0.4 is 5.43 Å². The summed E-state index contributed by atoms with van der Waals surface area (Å²) in [7, 11) is 0. The van der Waals surface area contributed by atoms with Gasteiger partial charge in [-0.05, 0) is 29.8 Å². The van der Waals surface area contributed by atoms with Gasteiger partial charge in [-0.25, -0.2) is 9.82 Å². The molecule has 126 valence electrons. The van der Waals surface area contributed by atoms with Crippen molar-refractivity contribution in [3.63, 3.8) is 0 Å². The van der Waals surface area contributed by atoms with Crippen molar-refractivity contribution in [2.45, 2.75) is 13.5 Å². The molecule has 0 atom stereocenters. The van der Waals surface area contributed by atoms with Gasteiger partial charge in [-0.1, -0.05) is 42.5 Å². The number of tetrazole rings is 1. The lowest BCUT2D eigenvalue weighted by Gasteiger charge is -2.02. The number of aromatic nitrogens is 4. The Morgan fingerprint density at radius 2 is 1.88 bits per heavy atom. The van der Waals surface area contributed by atoms with Crippen LogP contribution in [-0.2, 0) is 11.3 Å². The van der Waals surface area contributed by atoms with Gasteiger partial charge in [-0.2, -0.15) is 9.90 Å². The lowest BCUT2D eigenvalue weighted by Crippen LogP contribution is -2.25. The maximum absolute atomic E-state index is 12.9. The van der Waals surface area contributed by atoms with E-state index in [4.69, 9.17) is 0 Å². The molecule has 2 aromatic carbocycles. The van der Waals surface area contributed by atoms with Crippen LogP contribution in [0.25, 0.3) is 11.4 Å². The Morgan fingerprint density at radius 1 is 1.16 bits per heavy atom. The highest BCUT2D eigenvalue weighted by Crippen LogP contribution is 2.11. The average molecular weight is 338 g/mol. The van der Waals surface area contributed by atoms with Gasteiger partial charge in [0.1, 0.15) is 12.4 Å². The van der Waals surface area contributed by atoms with Crippen molar-refractivity contribution in [2.24, 2.45) is 5.10 Å². The van der Waals surface area contributed by atoms with Gasteiger partial charge in [0.25, 0.3) is 5.91 Å². The van der Waals surface area contributed by atoms with Crippen LogP contribution >= 0.6 is 0 Å². The minimum atomic E-state index is -0.390. The molecule has 0 saturated heterocycles. The highest BCUT2D eigenvalue weighted by molar-refractivity contribution is 5.99. The summed E-state index contributed by atoms with van der Waals surface area (Å²) in [6.45, 7) is 1.61. The minimum absolute atomic E-state index is 0.111. The lowest BCUT2D eigenvalue weighted by molar-refractivity contribution is -0.122. The SMILES string of the molecule is C/C(=N\NC(=O)Cn1nnc(-c2ccccc2)n1)c1ccc(F)cc1. The van der Waals surface area contributed by atoms with E-state index in [1.807, 2.05) is 30.3 Å². The lowest BCUT2D eigenvalue weighted by atomic mass is 10.1. The molecular weight excluding hydrogens is 323 g/mol. The molecule has 3 rings (SSSR count). The smallest absolute Gasteiger partial charge is 0.263 e. The zero-order valence-electron chi connectivity index (χ0n) is 13.4. The third-order valence-corrected chi connectivity index (χ3v) is 3.38. The first kappa shape index (κ1) is 16.4. The molecule has 1 amide bonds. The first-order valence-corrected chi connectivity index (χ1v) is 7.54. The molecule has 0 aliphatic heterocycles. The van der Waals surface area contributed by atoms with E-state index in [-0.39, 0.29) is 12.4 Å². The maximum atomic E-state index is 12.9. The van der Waals surface area contributed by atoms with Gasteiger partial charge in [0.2, 0.25) is 5.82 Å². The van der Waals surface area contributed by atoms with Crippen molar-refractivity contribution in [3.8, 4) is 11.4 Å². The predicted molar refractivity (Wildman–Crippen MR) is 90.0 cm³/mol. The van der Waals surface area contributed by atoms with Gasteiger partial charge in [0.05, 0.1) is 5.71 Å². The predicted octanol–water partition coefficient (Wildman–Crippen LogP) is 2.02. The van der Waals surface area contributed by atoms with Crippen molar-refractivity contribution in [1.29, 1.82) is 0 Å². The fourth-order valence-corrected chi connectivity index (χ4v) is 2.08. The summed E-state index contributed by atoms with van der Waals surface area (Å²) in [5, 5.41) is 15.9. The normalized spacial score (nSPS) is 11.4. The third-order valence-electron chi connectivity index (χ3n) is 3.38. The molecule has 25 heavy (non-hydrogen) atoms. The zero-order chi connectivity index (χ0) is 17.6. The minimum Gasteiger partial charge on any atom is -0.271 e. The van der Waals surface area contributed by atoms with E-state index < -0.39 is 5.91 Å². The van der Waals surface area contributed by atoms with Crippen molar-refractivity contribution in [1.82, 2.24) is 25.6 Å². The molecular formula is C17H15FN6O. The van der Waals surface area contributed by atoms with E-state index in [1.165, 1.54) is 16.9 Å². The summed E-state index contributed by atoms with van der Waals surface area (Å²) in [6, 6.07) is 15.2. The topological polar surface area (TPSA) is 85.1 Å². The van der Waals surface area contributed by atoms with Crippen LogP contribution in [0.5, 0.6) is 0 Å². The molecule has 1 aromatic heterocycles. The first-order chi connectivity index (χ1) is 12.1. The largest absolute Gasteiger partial charge is 0.271 e. The van der Waals surface area contributed by atoms with Crippen LogP contribution in [0.2, 0.25) is 0 Å². The number of benzene rings is 2. The Morgan fingerprint density at radius 3 is 2.60 bits per heavy atom. The second kappa shape index (κ2) is 7.43. The van der Waals surface area contributed by atoms with Crippen molar-refractivity contribution >= 4 is 11.6 Å². The number of hydrazone groups is 1. The Labute approximate surface area is 143 Å². The number of nitrogens with one attached hydrogen (secondary N) is 1. The number of nitrogens with zero attached hydrogens (tertiary/aromatic N) is 5. The number of hydrogen-bond donors (Lipinski definition) is 1. The number of hydrogen-bond acceptors (Lipinski definition) is 5. The molecule has 3 aromatic rings. The van der Waals surface area contributed by atoms with Gasteiger partial charge >= 0.3 is 0 Å². The maximum Gasteiger partial charge on any atom is 0.263 e. The number of rotatable bonds is 5. The van der Waals surface area contributed by atoms with Crippen LogP contribution in [0.15, 0.2) is 59.7 Å². The Hall–Kier alpha value is -3.42. The van der Waals surface area contributed by atoms with Gasteiger partial charge in [-0.3, -0.25) is 4.79 Å². The number of carbonyl (C=O) groups is 1. The number of halogens is 1. The highest BCUT2D eigenvalue weighted by Gasteiger charge is 2.09. The average Bonchev–Trinajstić information content (AvgIpc) is 3.09. The van der Waals surface area contributed by atoms with E-state index in [2.05, 4.69) is 25.9 Å². The Balaban J connectivity index is 1.60. The highest BCUT2D eigenvalue weighted by atomic mass is 19.1. The van der Waals surface area contributed by atoms with E-state index in [1.54, 1.807) is 19.1 Å². The molecule has 0 bridgehead atoms. The molecule has 0 fully saturated rings. The molecule has 7 nitrogen and oxygen atoms in total. The Kier molecular flexibility index (Phi) is 4.89. The second-order valence-electron chi connectivity index (χ2n) is 5.25. The van der Waals surface area contributed by atoms with Crippen molar-refractivity contribution in [3.05, 3.63) is 66.0 Å². The quantitative estimate of drug-likeness (QED) is 0.570. The summed E-state index contributed by atoms with van der Waals surface area (Å²) in [5.74, 6) is -0.273. The summed E-state index contributed by atoms with van der Waals surface area (Å²) >= 11 is 0. The molecule has 0 radical (unpaired) electrons. The van der Waals surface area contributed by atoms with Gasteiger partial charge < -0.3 is 0 Å². The number of carbonyl (C=O) groups excluding carboxylic acids is 1. The molecule has 0 aliphatic carbocycles. The molecule has 0 spiro atoms. The summed E-state index contributed by atoms with van der Waals surface area (Å²) < 4.78 is 12.9.